The number of ether oxygens (including phenoxy) is 1. The highest BCUT2D eigenvalue weighted by molar-refractivity contribution is 7.89. The molecule has 0 aliphatic carbocycles. The van der Waals surface area contributed by atoms with Crippen molar-refractivity contribution in [1.82, 2.24) is 9.21 Å². The molecule has 1 aliphatic rings. The molecule has 1 saturated heterocycles. The van der Waals surface area contributed by atoms with Crippen molar-refractivity contribution in [2.45, 2.75) is 30.0 Å². The van der Waals surface area contributed by atoms with E-state index in [1.54, 1.807) is 0 Å². The highest BCUT2D eigenvalue weighted by atomic mass is 32.2. The Labute approximate surface area is 155 Å². The third kappa shape index (κ3) is 4.71. The predicted molar refractivity (Wildman–Crippen MR) is 89.6 cm³/mol. The summed E-state index contributed by atoms with van der Waals surface area (Å²) in [6, 6.07) is 5.80. The number of carbonyl (C=O) groups is 1. The number of methoxy groups -OCH3 is 1. The Morgan fingerprint density at radius 1 is 1.15 bits per heavy atom. The number of piperazine rings is 1. The molecule has 0 unspecified atom stereocenters. The second kappa shape index (κ2) is 7.64. The molecule has 1 atom stereocenters. The van der Waals surface area contributed by atoms with Crippen LogP contribution in [0.2, 0.25) is 0 Å². The van der Waals surface area contributed by atoms with E-state index in [0.717, 1.165) is 4.90 Å². The third-order valence-corrected chi connectivity index (χ3v) is 6.31. The van der Waals surface area contributed by atoms with Gasteiger partial charge in [-0.15, -0.1) is 0 Å². The van der Waals surface area contributed by atoms with Gasteiger partial charge < -0.3 is 14.7 Å². The zero-order chi connectivity index (χ0) is 20.5. The minimum atomic E-state index is -4.93. The van der Waals surface area contributed by atoms with Gasteiger partial charge in [-0.25, -0.2) is 8.42 Å². The second-order valence-corrected chi connectivity index (χ2v) is 8.35. The van der Waals surface area contributed by atoms with Crippen LogP contribution in [0.5, 0.6) is 5.75 Å². The van der Waals surface area contributed by atoms with Crippen LogP contribution in [-0.2, 0) is 14.8 Å². The maximum Gasteiger partial charge on any atom is 0.417 e. The number of hydrogen-bond acceptors (Lipinski definition) is 5. The number of sulfonamides is 1. The highest BCUT2D eigenvalue weighted by Gasteiger charge is 2.51. The van der Waals surface area contributed by atoms with Crippen LogP contribution in [0.25, 0.3) is 0 Å². The minimum Gasteiger partial charge on any atom is -0.497 e. The van der Waals surface area contributed by atoms with E-state index in [1.165, 1.54) is 35.7 Å². The van der Waals surface area contributed by atoms with E-state index in [-0.39, 0.29) is 31.1 Å². The lowest BCUT2D eigenvalue weighted by molar-refractivity contribution is -0.254. The molecule has 1 N–H and O–H groups in total. The number of alkyl halides is 3. The summed E-state index contributed by atoms with van der Waals surface area (Å²) in [6.45, 7) is 0.335. The molecule has 0 spiro atoms. The average molecular weight is 410 g/mol. The van der Waals surface area contributed by atoms with Crippen molar-refractivity contribution in [3.8, 4) is 5.75 Å². The third-order valence-electron chi connectivity index (χ3n) is 4.39. The maximum atomic E-state index is 12.7. The van der Waals surface area contributed by atoms with Crippen LogP contribution in [0.3, 0.4) is 0 Å². The average Bonchev–Trinajstić information content (AvgIpc) is 2.60. The molecule has 27 heavy (non-hydrogen) atoms. The van der Waals surface area contributed by atoms with Gasteiger partial charge in [-0.2, -0.15) is 17.5 Å². The number of nitrogens with zero attached hydrogens (tertiary/aromatic N) is 2. The van der Waals surface area contributed by atoms with Crippen molar-refractivity contribution in [3.05, 3.63) is 24.3 Å². The number of halogens is 3. The van der Waals surface area contributed by atoms with Crippen molar-refractivity contribution in [2.75, 3.05) is 33.3 Å². The Balaban J connectivity index is 2.00. The van der Waals surface area contributed by atoms with Gasteiger partial charge >= 0.3 is 6.18 Å². The Morgan fingerprint density at radius 2 is 1.67 bits per heavy atom. The molecule has 0 aromatic heterocycles. The molecule has 11 heteroatoms. The van der Waals surface area contributed by atoms with Crippen LogP contribution in [0.4, 0.5) is 13.2 Å². The van der Waals surface area contributed by atoms with Crippen molar-refractivity contribution < 1.29 is 36.2 Å². The Morgan fingerprint density at radius 3 is 2.11 bits per heavy atom. The summed E-state index contributed by atoms with van der Waals surface area (Å²) in [7, 11) is -2.33. The van der Waals surface area contributed by atoms with E-state index >= 15 is 0 Å². The summed E-state index contributed by atoms with van der Waals surface area (Å²) >= 11 is 0. The number of aliphatic hydroxyl groups is 1. The molecule has 7 nitrogen and oxygen atoms in total. The van der Waals surface area contributed by atoms with Gasteiger partial charge in [0, 0.05) is 26.2 Å². The summed E-state index contributed by atoms with van der Waals surface area (Å²) in [5, 5.41) is 9.44. The first-order valence-electron chi connectivity index (χ1n) is 8.09. The Kier molecular flexibility index (Phi) is 6.07. The summed E-state index contributed by atoms with van der Waals surface area (Å²) in [5.41, 5.74) is -3.13. The molecular formula is C16H21F3N2O5S. The van der Waals surface area contributed by atoms with E-state index in [4.69, 9.17) is 4.74 Å². The van der Waals surface area contributed by atoms with Gasteiger partial charge in [0.2, 0.25) is 15.9 Å². The van der Waals surface area contributed by atoms with Crippen molar-refractivity contribution in [2.24, 2.45) is 0 Å². The zero-order valence-corrected chi connectivity index (χ0v) is 15.7. The molecule has 152 valence electrons. The van der Waals surface area contributed by atoms with Gasteiger partial charge in [0.15, 0.2) is 5.60 Å². The summed E-state index contributed by atoms with van der Waals surface area (Å²) < 4.78 is 69.5. The molecule has 2 rings (SSSR count). The first-order chi connectivity index (χ1) is 12.4. The molecule has 1 fully saturated rings. The van der Waals surface area contributed by atoms with Crippen LogP contribution < -0.4 is 4.74 Å². The highest BCUT2D eigenvalue weighted by Crippen LogP contribution is 2.33. The van der Waals surface area contributed by atoms with E-state index in [0.29, 0.717) is 12.7 Å². The fourth-order valence-corrected chi connectivity index (χ4v) is 4.00. The molecule has 0 saturated carbocycles. The Hall–Kier alpha value is -1.85. The predicted octanol–water partition coefficient (Wildman–Crippen LogP) is 1.23. The van der Waals surface area contributed by atoms with Gasteiger partial charge in [0.05, 0.1) is 18.4 Å². The van der Waals surface area contributed by atoms with Crippen LogP contribution in [0, 0.1) is 0 Å². The molecule has 1 aromatic carbocycles. The summed E-state index contributed by atoms with van der Waals surface area (Å²) in [6.07, 6.45) is -6.04. The van der Waals surface area contributed by atoms with E-state index in [9.17, 15) is 31.5 Å². The second-order valence-electron chi connectivity index (χ2n) is 6.41. The van der Waals surface area contributed by atoms with Crippen LogP contribution in [0.1, 0.15) is 13.3 Å². The Bertz CT molecular complexity index is 770. The number of benzene rings is 1. The van der Waals surface area contributed by atoms with E-state index < -0.39 is 34.1 Å². The number of amides is 1. The molecule has 1 aliphatic heterocycles. The zero-order valence-electron chi connectivity index (χ0n) is 14.9. The molecule has 1 aromatic rings. The first kappa shape index (κ1) is 21.5. The first-order valence-corrected chi connectivity index (χ1v) is 9.53. The molecule has 1 amide bonds. The lowest BCUT2D eigenvalue weighted by Crippen LogP contribution is -2.53. The van der Waals surface area contributed by atoms with Crippen molar-refractivity contribution in [3.63, 3.8) is 0 Å². The molecular weight excluding hydrogens is 389 g/mol. The number of carbonyl (C=O) groups excluding carboxylic acids is 1. The molecule has 0 radical (unpaired) electrons. The topological polar surface area (TPSA) is 87.2 Å². The van der Waals surface area contributed by atoms with Gasteiger partial charge in [-0.1, -0.05) is 0 Å². The largest absolute Gasteiger partial charge is 0.497 e. The fourth-order valence-electron chi connectivity index (χ4n) is 2.58. The van der Waals surface area contributed by atoms with Crippen molar-refractivity contribution >= 4 is 15.9 Å². The quantitative estimate of drug-likeness (QED) is 0.789. The molecule has 1 heterocycles. The maximum absolute atomic E-state index is 12.7. The van der Waals surface area contributed by atoms with Crippen LogP contribution in [0.15, 0.2) is 29.2 Å². The van der Waals surface area contributed by atoms with Gasteiger partial charge in [-0.05, 0) is 31.2 Å². The fraction of sp³-hybridized carbons (Fsp3) is 0.562. The lowest BCUT2D eigenvalue weighted by Gasteiger charge is -2.35. The minimum absolute atomic E-state index is 0.0474. The summed E-state index contributed by atoms with van der Waals surface area (Å²) in [4.78, 5) is 13.2. The number of hydrogen-bond donors (Lipinski definition) is 1. The normalized spacial score (nSPS) is 18.8. The standard InChI is InChI=1S/C16H21F3N2O5S/c1-15(23,16(17,18)19)11-14(22)20-7-9-21(10-8-20)27(24,25)13-5-3-12(26-2)4-6-13/h3-6,23H,7-11H2,1-2H3/t15-/m0/s1. The monoisotopic (exact) mass is 410 g/mol. The van der Waals surface area contributed by atoms with Crippen LogP contribution >= 0.6 is 0 Å². The smallest absolute Gasteiger partial charge is 0.417 e. The summed E-state index contributed by atoms with van der Waals surface area (Å²) in [5.74, 6) is -0.375. The van der Waals surface area contributed by atoms with Crippen LogP contribution in [-0.4, -0.2) is 73.7 Å². The van der Waals surface area contributed by atoms with Gasteiger partial charge in [0.25, 0.3) is 0 Å². The van der Waals surface area contributed by atoms with E-state index in [1.807, 2.05) is 0 Å². The van der Waals surface area contributed by atoms with E-state index in [2.05, 4.69) is 0 Å². The SMILES string of the molecule is COc1ccc(S(=O)(=O)N2CCN(C(=O)C[C@](C)(O)C(F)(F)F)CC2)cc1. The number of rotatable bonds is 5. The van der Waals surface area contributed by atoms with Gasteiger partial charge in [0.1, 0.15) is 5.75 Å². The van der Waals surface area contributed by atoms with Crippen molar-refractivity contribution in [1.29, 1.82) is 0 Å². The lowest BCUT2D eigenvalue weighted by atomic mass is 10.0. The molecule has 0 bridgehead atoms. The van der Waals surface area contributed by atoms with Gasteiger partial charge in [-0.3, -0.25) is 4.79 Å².